The van der Waals surface area contributed by atoms with Gasteiger partial charge in [-0.15, -0.1) is 0 Å². The van der Waals surface area contributed by atoms with Crippen LogP contribution in [0, 0.1) is 13.8 Å². The Morgan fingerprint density at radius 3 is 2.69 bits per heavy atom. The second-order valence-corrected chi connectivity index (χ2v) is 3.98. The van der Waals surface area contributed by atoms with Gasteiger partial charge in [-0.25, -0.2) is 0 Å². The molecule has 1 unspecified atom stereocenters. The molecule has 88 valence electrons. The van der Waals surface area contributed by atoms with E-state index in [0.717, 1.165) is 16.9 Å². The molecule has 0 aromatic heterocycles. The zero-order valence-corrected chi connectivity index (χ0v) is 10.2. The Morgan fingerprint density at radius 1 is 1.38 bits per heavy atom. The summed E-state index contributed by atoms with van der Waals surface area (Å²) < 4.78 is 10.3. The van der Waals surface area contributed by atoms with Gasteiger partial charge in [0.2, 0.25) is 0 Å². The van der Waals surface area contributed by atoms with E-state index in [1.54, 1.807) is 0 Å². The van der Waals surface area contributed by atoms with E-state index in [1.165, 1.54) is 7.11 Å². The molecular weight excluding hydrogens is 204 g/mol. The van der Waals surface area contributed by atoms with Crippen molar-refractivity contribution in [2.75, 3.05) is 7.11 Å². The molecule has 0 aliphatic carbocycles. The fourth-order valence-corrected chi connectivity index (χ4v) is 1.41. The molecule has 0 N–H and O–H groups in total. The molecule has 3 heteroatoms. The van der Waals surface area contributed by atoms with E-state index in [1.807, 2.05) is 39.0 Å². The van der Waals surface area contributed by atoms with E-state index >= 15 is 0 Å². The zero-order chi connectivity index (χ0) is 12.1. The Bertz CT molecular complexity index is 371. The van der Waals surface area contributed by atoms with Crippen LogP contribution in [0.3, 0.4) is 0 Å². The second-order valence-electron chi connectivity index (χ2n) is 3.98. The summed E-state index contributed by atoms with van der Waals surface area (Å²) in [5.74, 6) is 0.578. The van der Waals surface area contributed by atoms with Crippen LogP contribution < -0.4 is 4.74 Å². The third-order valence-electron chi connectivity index (χ3n) is 2.35. The summed E-state index contributed by atoms with van der Waals surface area (Å²) in [6.07, 6.45) is 0.0945. The number of hydrogen-bond donors (Lipinski definition) is 0. The molecule has 0 saturated heterocycles. The predicted molar refractivity (Wildman–Crippen MR) is 62.6 cm³/mol. The van der Waals surface area contributed by atoms with Crippen LogP contribution in [0.25, 0.3) is 0 Å². The molecule has 1 rings (SSSR count). The lowest BCUT2D eigenvalue weighted by Crippen LogP contribution is -2.18. The quantitative estimate of drug-likeness (QED) is 0.735. The van der Waals surface area contributed by atoms with Gasteiger partial charge in [0.25, 0.3) is 0 Å². The molecule has 1 aromatic rings. The monoisotopic (exact) mass is 222 g/mol. The highest BCUT2D eigenvalue weighted by Gasteiger charge is 2.11. The molecule has 0 spiro atoms. The first-order valence-electron chi connectivity index (χ1n) is 5.33. The average Bonchev–Trinajstić information content (AvgIpc) is 2.23. The smallest absolute Gasteiger partial charge is 0.309 e. The zero-order valence-electron chi connectivity index (χ0n) is 10.2. The summed E-state index contributed by atoms with van der Waals surface area (Å²) in [6, 6.07) is 6.02. The summed E-state index contributed by atoms with van der Waals surface area (Å²) in [5.41, 5.74) is 2.22. The van der Waals surface area contributed by atoms with Crippen molar-refractivity contribution in [2.24, 2.45) is 0 Å². The normalized spacial score (nSPS) is 12.0. The molecule has 1 aromatic carbocycles. The van der Waals surface area contributed by atoms with Crippen LogP contribution in [0.15, 0.2) is 18.2 Å². The molecule has 1 atom stereocenters. The summed E-state index contributed by atoms with van der Waals surface area (Å²) in [6.45, 7) is 5.86. The first kappa shape index (κ1) is 12.6. The third kappa shape index (κ3) is 3.57. The minimum Gasteiger partial charge on any atom is -0.490 e. The Labute approximate surface area is 96.4 Å². The molecule has 0 aliphatic heterocycles. The largest absolute Gasteiger partial charge is 0.490 e. The maximum Gasteiger partial charge on any atom is 0.309 e. The number of aryl methyl sites for hydroxylation is 2. The van der Waals surface area contributed by atoms with Crippen molar-refractivity contribution >= 4 is 5.97 Å². The SMILES string of the molecule is COC(=O)CC(C)Oc1cc(C)ccc1C. The van der Waals surface area contributed by atoms with Crippen molar-refractivity contribution in [3.8, 4) is 5.75 Å². The highest BCUT2D eigenvalue weighted by atomic mass is 16.5. The van der Waals surface area contributed by atoms with Gasteiger partial charge >= 0.3 is 5.97 Å². The van der Waals surface area contributed by atoms with Crippen LogP contribution in [0.1, 0.15) is 24.5 Å². The number of ether oxygens (including phenoxy) is 2. The lowest BCUT2D eigenvalue weighted by Gasteiger charge is -2.15. The van der Waals surface area contributed by atoms with Crippen molar-refractivity contribution in [3.05, 3.63) is 29.3 Å². The fourth-order valence-electron chi connectivity index (χ4n) is 1.41. The van der Waals surface area contributed by atoms with E-state index < -0.39 is 0 Å². The number of esters is 1. The average molecular weight is 222 g/mol. The van der Waals surface area contributed by atoms with Gasteiger partial charge in [0, 0.05) is 0 Å². The van der Waals surface area contributed by atoms with Crippen LogP contribution in [-0.2, 0) is 9.53 Å². The van der Waals surface area contributed by atoms with Crippen molar-refractivity contribution < 1.29 is 14.3 Å². The summed E-state index contributed by atoms with van der Waals surface area (Å²) >= 11 is 0. The van der Waals surface area contributed by atoms with Gasteiger partial charge in [-0.05, 0) is 38.0 Å². The fraction of sp³-hybridized carbons (Fsp3) is 0.462. The molecule has 0 amide bonds. The standard InChI is InChI=1S/C13H18O3/c1-9-5-6-10(2)12(7-9)16-11(3)8-13(14)15-4/h5-7,11H,8H2,1-4H3. The topological polar surface area (TPSA) is 35.5 Å². The summed E-state index contributed by atoms with van der Waals surface area (Å²) in [5, 5.41) is 0. The van der Waals surface area contributed by atoms with Crippen LogP contribution in [0.5, 0.6) is 5.75 Å². The van der Waals surface area contributed by atoms with Crippen LogP contribution in [-0.4, -0.2) is 19.2 Å². The lowest BCUT2D eigenvalue weighted by atomic mass is 10.1. The van der Waals surface area contributed by atoms with Gasteiger partial charge in [-0.1, -0.05) is 12.1 Å². The van der Waals surface area contributed by atoms with Crippen molar-refractivity contribution in [1.29, 1.82) is 0 Å². The molecule has 0 aliphatic rings. The molecule has 0 radical (unpaired) electrons. The van der Waals surface area contributed by atoms with Crippen LogP contribution in [0.4, 0.5) is 0 Å². The molecule has 3 nitrogen and oxygen atoms in total. The number of rotatable bonds is 4. The summed E-state index contributed by atoms with van der Waals surface area (Å²) in [7, 11) is 1.38. The highest BCUT2D eigenvalue weighted by molar-refractivity contribution is 5.69. The lowest BCUT2D eigenvalue weighted by molar-refractivity contribution is -0.142. The number of methoxy groups -OCH3 is 1. The van der Waals surface area contributed by atoms with Crippen molar-refractivity contribution in [3.63, 3.8) is 0 Å². The number of benzene rings is 1. The second kappa shape index (κ2) is 5.54. The van der Waals surface area contributed by atoms with E-state index in [-0.39, 0.29) is 18.5 Å². The molecular formula is C13H18O3. The van der Waals surface area contributed by atoms with Gasteiger partial charge in [-0.3, -0.25) is 4.79 Å². The highest BCUT2D eigenvalue weighted by Crippen LogP contribution is 2.21. The molecule has 0 saturated carbocycles. The Hall–Kier alpha value is -1.51. The van der Waals surface area contributed by atoms with Crippen molar-refractivity contribution in [2.45, 2.75) is 33.3 Å². The number of hydrogen-bond acceptors (Lipinski definition) is 3. The third-order valence-corrected chi connectivity index (χ3v) is 2.35. The predicted octanol–water partition coefficient (Wildman–Crippen LogP) is 2.63. The Kier molecular flexibility index (Phi) is 4.35. The minimum absolute atomic E-state index is 0.173. The van der Waals surface area contributed by atoms with Crippen LogP contribution >= 0.6 is 0 Å². The van der Waals surface area contributed by atoms with Gasteiger partial charge < -0.3 is 9.47 Å². The molecule has 16 heavy (non-hydrogen) atoms. The minimum atomic E-state index is -0.252. The van der Waals surface area contributed by atoms with Crippen molar-refractivity contribution in [1.82, 2.24) is 0 Å². The number of carbonyl (C=O) groups excluding carboxylic acids is 1. The molecule has 0 heterocycles. The van der Waals surface area contributed by atoms with Gasteiger partial charge in [-0.2, -0.15) is 0 Å². The molecule has 0 fully saturated rings. The first-order valence-corrected chi connectivity index (χ1v) is 5.33. The summed E-state index contributed by atoms with van der Waals surface area (Å²) in [4.78, 5) is 11.1. The van der Waals surface area contributed by atoms with E-state index in [0.29, 0.717) is 0 Å². The Morgan fingerprint density at radius 2 is 2.06 bits per heavy atom. The van der Waals surface area contributed by atoms with E-state index in [9.17, 15) is 4.79 Å². The van der Waals surface area contributed by atoms with Gasteiger partial charge in [0.15, 0.2) is 0 Å². The van der Waals surface area contributed by atoms with Crippen LogP contribution in [0.2, 0.25) is 0 Å². The maximum absolute atomic E-state index is 11.1. The van der Waals surface area contributed by atoms with Gasteiger partial charge in [0.05, 0.1) is 13.5 Å². The van der Waals surface area contributed by atoms with E-state index in [4.69, 9.17) is 4.74 Å². The van der Waals surface area contributed by atoms with E-state index in [2.05, 4.69) is 4.74 Å². The molecule has 0 bridgehead atoms. The van der Waals surface area contributed by atoms with Gasteiger partial charge in [0.1, 0.15) is 11.9 Å². The Balaban J connectivity index is 2.65. The first-order chi connectivity index (χ1) is 7.52. The maximum atomic E-state index is 11.1. The number of carbonyl (C=O) groups is 1.